The van der Waals surface area contributed by atoms with E-state index >= 15 is 0 Å². The van der Waals surface area contributed by atoms with E-state index in [2.05, 4.69) is 203 Å². The predicted molar refractivity (Wildman–Crippen MR) is 257 cm³/mol. The van der Waals surface area contributed by atoms with Crippen LogP contribution >= 0.6 is 0 Å². The molecule has 0 amide bonds. The number of aryl methyl sites for hydroxylation is 1. The van der Waals surface area contributed by atoms with Crippen LogP contribution in [-0.2, 0) is 7.05 Å². The second kappa shape index (κ2) is 14.3. The molecular weight excluding hydrogens is 775 g/mol. The molecule has 0 atom stereocenters. The molecule has 0 spiro atoms. The lowest BCUT2D eigenvalue weighted by Crippen LogP contribution is -2.77. The smallest absolute Gasteiger partial charge is 0.186 e. The molecular formula is C55H39N5OSi. The van der Waals surface area contributed by atoms with Gasteiger partial charge in [-0.1, -0.05) is 146 Å². The van der Waals surface area contributed by atoms with Gasteiger partial charge in [0.15, 0.2) is 8.07 Å². The molecule has 7 heteroatoms. The zero-order chi connectivity index (χ0) is 41.2. The number of ether oxygens (including phenoxy) is 1. The van der Waals surface area contributed by atoms with E-state index in [-0.39, 0.29) is 0 Å². The summed E-state index contributed by atoms with van der Waals surface area (Å²) >= 11 is 0. The molecule has 62 heavy (non-hydrogen) atoms. The van der Waals surface area contributed by atoms with Crippen LogP contribution in [0.5, 0.6) is 11.5 Å². The van der Waals surface area contributed by atoms with Gasteiger partial charge in [-0.15, -0.1) is 0 Å². The molecule has 0 N–H and O–H groups in total. The summed E-state index contributed by atoms with van der Waals surface area (Å²) in [6.07, 6.45) is 1.94. The molecule has 1 aliphatic rings. The van der Waals surface area contributed by atoms with Crippen molar-refractivity contribution in [3.63, 3.8) is 0 Å². The largest absolute Gasteiger partial charge is 0.457 e. The minimum atomic E-state index is -3.03. The highest BCUT2D eigenvalue weighted by Crippen LogP contribution is 2.45. The summed E-state index contributed by atoms with van der Waals surface area (Å²) in [6.45, 7) is 0. The Hall–Kier alpha value is -8.00. The Morgan fingerprint density at radius 1 is 0.500 bits per heavy atom. The Morgan fingerprint density at radius 3 is 1.90 bits per heavy atom. The van der Waals surface area contributed by atoms with Crippen LogP contribution in [0.2, 0.25) is 0 Å². The summed E-state index contributed by atoms with van der Waals surface area (Å²) < 4.78 is 11.4. The molecule has 0 fully saturated rings. The highest BCUT2D eigenvalue weighted by atomic mass is 28.3. The van der Waals surface area contributed by atoms with Crippen LogP contribution in [0.1, 0.15) is 0 Å². The number of para-hydroxylation sites is 4. The van der Waals surface area contributed by atoms with Crippen molar-refractivity contribution in [1.82, 2.24) is 19.1 Å². The first-order valence-electron chi connectivity index (χ1n) is 21.0. The Morgan fingerprint density at radius 2 is 1.15 bits per heavy atom. The lowest BCUT2D eigenvalue weighted by molar-refractivity contribution is 0.483. The van der Waals surface area contributed by atoms with E-state index in [0.717, 1.165) is 67.8 Å². The SMILES string of the molecule is Cn1c(-c2cccc(Oc3cccc(N4c5ncccc5[Si](c5ccccc5)(c5ccccc5)c5ccc6c7ccccc7n(-c7ccccc7)c6c54)c3)c2)nc2ccccc21. The van der Waals surface area contributed by atoms with E-state index in [1.807, 2.05) is 36.5 Å². The van der Waals surface area contributed by atoms with Crippen LogP contribution in [0.15, 0.2) is 219 Å². The summed E-state index contributed by atoms with van der Waals surface area (Å²) in [5, 5.41) is 7.52. The minimum absolute atomic E-state index is 0.722. The first kappa shape index (κ1) is 35.9. The molecule has 12 rings (SSSR count). The molecule has 0 saturated heterocycles. The lowest BCUT2D eigenvalue weighted by Gasteiger charge is -2.44. The molecule has 8 aromatic carbocycles. The van der Waals surface area contributed by atoms with Gasteiger partial charge < -0.3 is 13.9 Å². The van der Waals surface area contributed by atoms with Crippen molar-refractivity contribution < 1.29 is 4.74 Å². The van der Waals surface area contributed by atoms with Crippen molar-refractivity contribution in [1.29, 1.82) is 0 Å². The van der Waals surface area contributed by atoms with Gasteiger partial charge in [0.05, 0.1) is 33.4 Å². The minimum Gasteiger partial charge on any atom is -0.457 e. The number of hydrogen-bond donors (Lipinski definition) is 0. The maximum Gasteiger partial charge on any atom is 0.186 e. The van der Waals surface area contributed by atoms with Gasteiger partial charge in [0, 0.05) is 41.3 Å². The maximum atomic E-state index is 6.79. The normalized spacial score (nSPS) is 13.0. The number of pyridine rings is 1. The van der Waals surface area contributed by atoms with Crippen molar-refractivity contribution in [2.75, 3.05) is 4.90 Å². The van der Waals surface area contributed by atoms with Gasteiger partial charge in [0.1, 0.15) is 23.1 Å². The Kier molecular flexibility index (Phi) is 8.30. The number of imidazole rings is 1. The van der Waals surface area contributed by atoms with Crippen LogP contribution < -0.4 is 30.4 Å². The van der Waals surface area contributed by atoms with Crippen molar-refractivity contribution in [2.24, 2.45) is 7.05 Å². The highest BCUT2D eigenvalue weighted by Gasteiger charge is 2.50. The topological polar surface area (TPSA) is 48.1 Å². The van der Waals surface area contributed by atoms with E-state index < -0.39 is 8.07 Å². The molecule has 3 aromatic heterocycles. The zero-order valence-electron chi connectivity index (χ0n) is 33.9. The summed E-state index contributed by atoms with van der Waals surface area (Å²) in [5.74, 6) is 3.26. The van der Waals surface area contributed by atoms with Crippen molar-refractivity contribution in [3.05, 3.63) is 219 Å². The Bertz CT molecular complexity index is 3430. The van der Waals surface area contributed by atoms with Crippen LogP contribution in [0.4, 0.5) is 17.2 Å². The standard InChI is InChI=1S/C55H39N5OSi/c1-58-49-31-14-12-29-47(49)57-54(58)38-18-15-22-41(36-38)61-42-23-16-21-40(37-42)60-53-50(34-33-46-45-28-11-13-30-48(45)59(52(46)53)39-19-5-2-6-20-39)62(43-24-7-3-8-25-43,44-26-9-4-10-27-44)51-32-17-35-56-55(51)60/h2-37H,1H3. The molecule has 0 radical (unpaired) electrons. The molecule has 6 nitrogen and oxygen atoms in total. The van der Waals surface area contributed by atoms with E-state index in [1.165, 1.54) is 31.5 Å². The average Bonchev–Trinajstić information content (AvgIpc) is 3.86. The van der Waals surface area contributed by atoms with E-state index in [0.29, 0.717) is 0 Å². The summed E-state index contributed by atoms with van der Waals surface area (Å²) in [5.41, 5.74) is 8.50. The monoisotopic (exact) mass is 813 g/mol. The fourth-order valence-corrected chi connectivity index (χ4v) is 14.9. The molecule has 0 aliphatic carbocycles. The molecule has 1 aliphatic heterocycles. The van der Waals surface area contributed by atoms with Gasteiger partial charge in [-0.05, 0) is 81.4 Å². The van der Waals surface area contributed by atoms with Gasteiger partial charge in [0.2, 0.25) is 0 Å². The molecule has 4 heterocycles. The Labute approximate surface area is 360 Å². The van der Waals surface area contributed by atoms with Crippen LogP contribution in [-0.4, -0.2) is 27.2 Å². The van der Waals surface area contributed by atoms with Gasteiger partial charge >= 0.3 is 0 Å². The summed E-state index contributed by atoms with van der Waals surface area (Å²) in [7, 11) is -0.967. The van der Waals surface area contributed by atoms with Crippen LogP contribution in [0.3, 0.4) is 0 Å². The fourth-order valence-electron chi connectivity index (χ4n) is 9.87. The van der Waals surface area contributed by atoms with Gasteiger partial charge in [-0.3, -0.25) is 4.90 Å². The molecule has 294 valence electrons. The third kappa shape index (κ3) is 5.42. The van der Waals surface area contributed by atoms with E-state index in [9.17, 15) is 0 Å². The Balaban J connectivity index is 1.12. The first-order valence-corrected chi connectivity index (χ1v) is 23.0. The number of anilines is 3. The number of nitrogens with zero attached hydrogens (tertiary/aromatic N) is 5. The third-order valence-corrected chi connectivity index (χ3v) is 17.3. The molecule has 0 unspecified atom stereocenters. The molecule has 0 bridgehead atoms. The number of fused-ring (bicyclic) bond motifs is 7. The molecule has 0 saturated carbocycles. The predicted octanol–water partition coefficient (Wildman–Crippen LogP) is 10.7. The van der Waals surface area contributed by atoms with Gasteiger partial charge in [-0.25, -0.2) is 9.97 Å². The van der Waals surface area contributed by atoms with E-state index in [4.69, 9.17) is 14.7 Å². The average molecular weight is 814 g/mol. The number of rotatable bonds is 7. The van der Waals surface area contributed by atoms with Gasteiger partial charge in [-0.2, -0.15) is 0 Å². The van der Waals surface area contributed by atoms with Crippen LogP contribution in [0.25, 0.3) is 49.9 Å². The van der Waals surface area contributed by atoms with E-state index in [1.54, 1.807) is 0 Å². The third-order valence-electron chi connectivity index (χ3n) is 12.5. The second-order valence-electron chi connectivity index (χ2n) is 15.8. The first-order chi connectivity index (χ1) is 30.7. The number of hydrogen-bond acceptors (Lipinski definition) is 4. The second-order valence-corrected chi connectivity index (χ2v) is 19.6. The number of aromatic nitrogens is 4. The van der Waals surface area contributed by atoms with Crippen molar-refractivity contribution in [2.45, 2.75) is 0 Å². The zero-order valence-corrected chi connectivity index (χ0v) is 34.9. The lowest BCUT2D eigenvalue weighted by atomic mass is 10.1. The van der Waals surface area contributed by atoms with Crippen molar-refractivity contribution >= 4 is 78.9 Å². The maximum absolute atomic E-state index is 6.79. The summed E-state index contributed by atoms with van der Waals surface area (Å²) in [6, 6.07) is 75.8. The number of benzene rings is 8. The summed E-state index contributed by atoms with van der Waals surface area (Å²) in [4.78, 5) is 12.7. The highest BCUT2D eigenvalue weighted by molar-refractivity contribution is 7.21. The quantitative estimate of drug-likeness (QED) is 0.150. The van der Waals surface area contributed by atoms with Crippen LogP contribution in [0, 0.1) is 0 Å². The fraction of sp³-hybridized carbons (Fsp3) is 0.0182. The molecule has 11 aromatic rings. The van der Waals surface area contributed by atoms with Crippen molar-refractivity contribution in [3.8, 4) is 28.6 Å². The van der Waals surface area contributed by atoms with Gasteiger partial charge in [0.25, 0.3) is 0 Å².